The van der Waals surface area contributed by atoms with Crippen LogP contribution in [0.2, 0.25) is 5.02 Å². The molecule has 22 heavy (non-hydrogen) atoms. The molecule has 0 bridgehead atoms. The van der Waals surface area contributed by atoms with Crippen LogP contribution in [-0.4, -0.2) is 24.3 Å². The lowest BCUT2D eigenvalue weighted by atomic mass is 10.1. The topological polar surface area (TPSA) is 50.3 Å². The molecule has 116 valence electrons. The second-order valence-electron chi connectivity index (χ2n) is 5.37. The number of aromatic nitrogens is 1. The number of benzene rings is 1. The van der Waals surface area contributed by atoms with Crippen molar-refractivity contribution in [2.45, 2.75) is 24.6 Å². The Morgan fingerprint density at radius 1 is 1.18 bits per heavy atom. The highest BCUT2D eigenvalue weighted by atomic mass is 35.5. The van der Waals surface area contributed by atoms with Gasteiger partial charge in [-0.05, 0) is 36.6 Å². The van der Waals surface area contributed by atoms with Crippen molar-refractivity contribution in [3.63, 3.8) is 0 Å². The highest BCUT2D eigenvalue weighted by Gasteiger charge is 2.36. The third-order valence-electron chi connectivity index (χ3n) is 3.89. The van der Waals surface area contributed by atoms with E-state index in [1.807, 2.05) is 18.2 Å². The Labute approximate surface area is 135 Å². The number of pyridine rings is 1. The molecule has 0 amide bonds. The molecule has 3 rings (SSSR count). The molecular weight excluding hydrogens is 320 g/mol. The van der Waals surface area contributed by atoms with Gasteiger partial charge in [-0.2, -0.15) is 4.31 Å². The number of nitrogens with zero attached hydrogens (tertiary/aromatic N) is 2. The van der Waals surface area contributed by atoms with Crippen molar-refractivity contribution in [1.29, 1.82) is 0 Å². The molecule has 0 radical (unpaired) electrons. The summed E-state index contributed by atoms with van der Waals surface area (Å²) in [6, 6.07) is 12.5. The van der Waals surface area contributed by atoms with Crippen LogP contribution >= 0.6 is 11.6 Å². The zero-order valence-electron chi connectivity index (χ0n) is 12.0. The summed E-state index contributed by atoms with van der Waals surface area (Å²) < 4.78 is 27.1. The predicted octanol–water partition coefficient (Wildman–Crippen LogP) is 3.40. The molecule has 0 aliphatic carbocycles. The maximum atomic E-state index is 12.8. The standard InChI is InChI=1S/C16H17ClN2O2S/c17-14-7-2-1-6-13(14)12-22(20,21)19-11-5-9-16(19)15-8-3-4-10-18-15/h1-4,6-8,10,16H,5,9,11-12H2. The van der Waals surface area contributed by atoms with E-state index in [9.17, 15) is 8.42 Å². The van der Waals surface area contributed by atoms with E-state index in [0.29, 0.717) is 17.1 Å². The SMILES string of the molecule is O=S(=O)(Cc1ccccc1Cl)N1CCCC1c1ccccn1. The number of halogens is 1. The largest absolute Gasteiger partial charge is 0.260 e. The zero-order chi connectivity index (χ0) is 15.6. The lowest BCUT2D eigenvalue weighted by Crippen LogP contribution is -2.32. The van der Waals surface area contributed by atoms with Gasteiger partial charge in [0.15, 0.2) is 0 Å². The highest BCUT2D eigenvalue weighted by Crippen LogP contribution is 2.34. The predicted molar refractivity (Wildman–Crippen MR) is 87.0 cm³/mol. The van der Waals surface area contributed by atoms with E-state index < -0.39 is 10.0 Å². The molecule has 0 N–H and O–H groups in total. The second-order valence-corrected chi connectivity index (χ2v) is 7.70. The van der Waals surface area contributed by atoms with Crippen LogP contribution in [0.4, 0.5) is 0 Å². The van der Waals surface area contributed by atoms with Gasteiger partial charge >= 0.3 is 0 Å². The minimum Gasteiger partial charge on any atom is -0.260 e. The van der Waals surface area contributed by atoms with Crippen LogP contribution in [0.1, 0.15) is 30.1 Å². The Morgan fingerprint density at radius 2 is 1.95 bits per heavy atom. The molecule has 1 aromatic heterocycles. The van der Waals surface area contributed by atoms with Gasteiger partial charge in [-0.3, -0.25) is 4.98 Å². The van der Waals surface area contributed by atoms with Gasteiger partial charge in [-0.25, -0.2) is 8.42 Å². The Kier molecular flexibility index (Phi) is 4.47. The minimum atomic E-state index is -3.42. The van der Waals surface area contributed by atoms with Gasteiger partial charge in [0.2, 0.25) is 10.0 Å². The maximum Gasteiger partial charge on any atom is 0.218 e. The van der Waals surface area contributed by atoms with E-state index in [-0.39, 0.29) is 11.8 Å². The van der Waals surface area contributed by atoms with Crippen molar-refractivity contribution >= 4 is 21.6 Å². The van der Waals surface area contributed by atoms with Gasteiger partial charge in [-0.15, -0.1) is 0 Å². The van der Waals surface area contributed by atoms with E-state index in [4.69, 9.17) is 11.6 Å². The van der Waals surface area contributed by atoms with Crippen LogP contribution in [0, 0.1) is 0 Å². The Hall–Kier alpha value is -1.43. The van der Waals surface area contributed by atoms with Crippen LogP contribution in [0.25, 0.3) is 0 Å². The molecule has 1 fully saturated rings. The lowest BCUT2D eigenvalue weighted by Gasteiger charge is -2.23. The third kappa shape index (κ3) is 3.16. The van der Waals surface area contributed by atoms with Gasteiger partial charge < -0.3 is 0 Å². The molecule has 1 unspecified atom stereocenters. The van der Waals surface area contributed by atoms with Gasteiger partial charge in [0.05, 0.1) is 17.5 Å². The molecule has 1 aliphatic rings. The van der Waals surface area contributed by atoms with Crippen LogP contribution in [0.5, 0.6) is 0 Å². The first-order valence-electron chi connectivity index (χ1n) is 7.22. The Balaban J connectivity index is 1.87. The van der Waals surface area contributed by atoms with E-state index in [1.165, 1.54) is 0 Å². The molecule has 1 atom stereocenters. The molecule has 0 saturated carbocycles. The molecule has 4 nitrogen and oxygen atoms in total. The first-order chi connectivity index (χ1) is 10.6. The summed E-state index contributed by atoms with van der Waals surface area (Å²) in [7, 11) is -3.42. The average molecular weight is 337 g/mol. The number of hydrogen-bond donors (Lipinski definition) is 0. The summed E-state index contributed by atoms with van der Waals surface area (Å²) in [4.78, 5) is 4.32. The average Bonchev–Trinajstić information content (AvgIpc) is 3.01. The van der Waals surface area contributed by atoms with Crippen LogP contribution < -0.4 is 0 Å². The van der Waals surface area contributed by atoms with Crippen molar-refractivity contribution in [1.82, 2.24) is 9.29 Å². The zero-order valence-corrected chi connectivity index (χ0v) is 13.6. The monoisotopic (exact) mass is 336 g/mol. The molecule has 1 aliphatic heterocycles. The van der Waals surface area contributed by atoms with Crippen molar-refractivity contribution in [2.24, 2.45) is 0 Å². The fourth-order valence-electron chi connectivity index (χ4n) is 2.84. The van der Waals surface area contributed by atoms with Crippen LogP contribution in [0.3, 0.4) is 0 Å². The molecule has 1 aromatic carbocycles. The fraction of sp³-hybridized carbons (Fsp3) is 0.312. The van der Waals surface area contributed by atoms with Gasteiger partial charge in [-0.1, -0.05) is 35.9 Å². The molecule has 2 aromatic rings. The Morgan fingerprint density at radius 3 is 2.68 bits per heavy atom. The summed E-state index contributed by atoms with van der Waals surface area (Å²) in [5.74, 6) is -0.0734. The van der Waals surface area contributed by atoms with Crippen molar-refractivity contribution in [3.8, 4) is 0 Å². The second kappa shape index (κ2) is 6.36. The number of hydrogen-bond acceptors (Lipinski definition) is 3. The van der Waals surface area contributed by atoms with E-state index in [1.54, 1.807) is 34.8 Å². The lowest BCUT2D eigenvalue weighted by molar-refractivity contribution is 0.390. The minimum absolute atomic E-state index is 0.0734. The molecule has 2 heterocycles. The molecule has 0 spiro atoms. The van der Waals surface area contributed by atoms with Gasteiger partial charge in [0.25, 0.3) is 0 Å². The van der Waals surface area contributed by atoms with Crippen LogP contribution in [-0.2, 0) is 15.8 Å². The van der Waals surface area contributed by atoms with E-state index in [2.05, 4.69) is 4.98 Å². The Bertz CT molecular complexity index is 750. The number of rotatable bonds is 4. The summed E-state index contributed by atoms with van der Waals surface area (Å²) in [6.45, 7) is 0.536. The summed E-state index contributed by atoms with van der Waals surface area (Å²) in [5, 5.41) is 0.486. The molecule has 6 heteroatoms. The van der Waals surface area contributed by atoms with Crippen molar-refractivity contribution in [2.75, 3.05) is 6.54 Å². The number of sulfonamides is 1. The van der Waals surface area contributed by atoms with E-state index >= 15 is 0 Å². The smallest absolute Gasteiger partial charge is 0.218 e. The summed E-state index contributed by atoms with van der Waals surface area (Å²) >= 11 is 6.10. The van der Waals surface area contributed by atoms with Crippen molar-refractivity contribution in [3.05, 3.63) is 64.9 Å². The molecule has 1 saturated heterocycles. The normalized spacial score (nSPS) is 19.4. The van der Waals surface area contributed by atoms with Gasteiger partial charge in [0.1, 0.15) is 0 Å². The quantitative estimate of drug-likeness (QED) is 0.859. The van der Waals surface area contributed by atoms with Crippen molar-refractivity contribution < 1.29 is 8.42 Å². The highest BCUT2D eigenvalue weighted by molar-refractivity contribution is 7.88. The fourth-order valence-corrected chi connectivity index (χ4v) is 4.94. The first kappa shape index (κ1) is 15.5. The van der Waals surface area contributed by atoms with Crippen LogP contribution in [0.15, 0.2) is 48.7 Å². The summed E-state index contributed by atoms with van der Waals surface area (Å²) in [6.07, 6.45) is 3.36. The van der Waals surface area contributed by atoms with E-state index in [0.717, 1.165) is 18.5 Å². The maximum absolute atomic E-state index is 12.8. The summed E-state index contributed by atoms with van der Waals surface area (Å²) in [5.41, 5.74) is 1.44. The first-order valence-corrected chi connectivity index (χ1v) is 9.20. The van der Waals surface area contributed by atoms with Gasteiger partial charge in [0, 0.05) is 17.8 Å². The third-order valence-corrected chi connectivity index (χ3v) is 6.08. The molecular formula is C16H17ClN2O2S.